The SMILES string of the molecule is COc1ccc(C(Br)C(=O)C(C)=O)cc1OC. The lowest BCUT2D eigenvalue weighted by Gasteiger charge is -2.12. The average Bonchev–Trinajstić information content (AvgIpc) is 2.35. The van der Waals surface area contributed by atoms with Gasteiger partial charge in [0.2, 0.25) is 5.78 Å². The summed E-state index contributed by atoms with van der Waals surface area (Å²) in [6.45, 7) is 1.25. The van der Waals surface area contributed by atoms with E-state index in [0.29, 0.717) is 17.1 Å². The van der Waals surface area contributed by atoms with Gasteiger partial charge in [-0.25, -0.2) is 0 Å². The topological polar surface area (TPSA) is 52.6 Å². The van der Waals surface area contributed by atoms with E-state index in [1.165, 1.54) is 21.1 Å². The first-order valence-corrected chi connectivity index (χ1v) is 5.83. The maximum atomic E-state index is 11.5. The lowest BCUT2D eigenvalue weighted by molar-refractivity contribution is -0.135. The molecular formula is C12H13BrO4. The number of carbonyl (C=O) groups is 2. The van der Waals surface area contributed by atoms with E-state index >= 15 is 0 Å². The summed E-state index contributed by atoms with van der Waals surface area (Å²) in [5, 5.41) is 0. The molecule has 92 valence electrons. The highest BCUT2D eigenvalue weighted by atomic mass is 79.9. The van der Waals surface area contributed by atoms with E-state index in [2.05, 4.69) is 15.9 Å². The van der Waals surface area contributed by atoms with Gasteiger partial charge in [0.25, 0.3) is 0 Å². The summed E-state index contributed by atoms with van der Waals surface area (Å²) in [4.78, 5) is 21.9. The Hall–Kier alpha value is -1.36. The van der Waals surface area contributed by atoms with E-state index in [1.807, 2.05) is 0 Å². The highest BCUT2D eigenvalue weighted by Crippen LogP contribution is 2.33. The molecule has 0 aliphatic rings. The normalized spacial score (nSPS) is 11.8. The number of benzene rings is 1. The summed E-state index contributed by atoms with van der Waals surface area (Å²) in [5.74, 6) is 0.121. The molecular weight excluding hydrogens is 288 g/mol. The van der Waals surface area contributed by atoms with Crippen molar-refractivity contribution in [2.75, 3.05) is 14.2 Å². The minimum atomic E-state index is -0.653. The number of alkyl halides is 1. The van der Waals surface area contributed by atoms with Crippen LogP contribution in [-0.2, 0) is 9.59 Å². The maximum absolute atomic E-state index is 11.5. The molecule has 0 spiro atoms. The lowest BCUT2D eigenvalue weighted by Crippen LogP contribution is -2.15. The molecule has 1 unspecified atom stereocenters. The third kappa shape index (κ3) is 3.06. The maximum Gasteiger partial charge on any atom is 0.216 e. The Bertz CT molecular complexity index is 442. The monoisotopic (exact) mass is 300 g/mol. The number of rotatable bonds is 5. The summed E-state index contributed by atoms with van der Waals surface area (Å²) in [5.41, 5.74) is 0.655. The van der Waals surface area contributed by atoms with Crippen molar-refractivity contribution < 1.29 is 19.1 Å². The molecule has 0 N–H and O–H groups in total. The predicted octanol–water partition coefficient (Wildman–Crippen LogP) is 2.30. The number of hydrogen-bond acceptors (Lipinski definition) is 4. The first-order chi connectivity index (χ1) is 8.01. The van der Waals surface area contributed by atoms with Crippen LogP contribution in [0.1, 0.15) is 17.3 Å². The number of carbonyl (C=O) groups excluding carboxylic acids is 2. The summed E-state index contributed by atoms with van der Waals surface area (Å²) >= 11 is 3.20. The number of halogens is 1. The Kier molecular flexibility index (Phi) is 4.69. The molecule has 0 radical (unpaired) electrons. The Labute approximate surface area is 108 Å². The summed E-state index contributed by atoms with van der Waals surface area (Å²) in [6, 6.07) is 5.07. The van der Waals surface area contributed by atoms with Crippen LogP contribution in [0.25, 0.3) is 0 Å². The molecule has 0 heterocycles. The van der Waals surface area contributed by atoms with Crippen molar-refractivity contribution >= 4 is 27.5 Å². The van der Waals surface area contributed by atoms with Gasteiger partial charge in [-0.3, -0.25) is 9.59 Å². The van der Waals surface area contributed by atoms with Gasteiger partial charge in [-0.05, 0) is 17.7 Å². The minimum Gasteiger partial charge on any atom is -0.493 e. The molecule has 0 saturated heterocycles. The van der Waals surface area contributed by atoms with Crippen molar-refractivity contribution in [1.29, 1.82) is 0 Å². The molecule has 1 rings (SSSR count). The molecule has 17 heavy (non-hydrogen) atoms. The zero-order chi connectivity index (χ0) is 13.0. The van der Waals surface area contributed by atoms with Crippen LogP contribution in [0.15, 0.2) is 18.2 Å². The van der Waals surface area contributed by atoms with E-state index in [-0.39, 0.29) is 0 Å². The van der Waals surface area contributed by atoms with Crippen LogP contribution < -0.4 is 9.47 Å². The van der Waals surface area contributed by atoms with Crippen molar-refractivity contribution in [3.05, 3.63) is 23.8 Å². The molecule has 0 amide bonds. The van der Waals surface area contributed by atoms with Crippen molar-refractivity contribution in [3.8, 4) is 11.5 Å². The van der Waals surface area contributed by atoms with Crippen molar-refractivity contribution in [2.24, 2.45) is 0 Å². The molecule has 0 fully saturated rings. The second-order valence-electron chi connectivity index (χ2n) is 3.40. The molecule has 1 atom stereocenters. The third-order valence-corrected chi connectivity index (χ3v) is 3.22. The lowest BCUT2D eigenvalue weighted by atomic mass is 10.1. The summed E-state index contributed by atoms with van der Waals surface area (Å²) in [7, 11) is 3.04. The van der Waals surface area contributed by atoms with Gasteiger partial charge < -0.3 is 9.47 Å². The van der Waals surface area contributed by atoms with Gasteiger partial charge in [0.1, 0.15) is 4.83 Å². The number of ether oxygens (including phenoxy) is 2. The van der Waals surface area contributed by atoms with Gasteiger partial charge in [-0.2, -0.15) is 0 Å². The first kappa shape index (κ1) is 13.7. The van der Waals surface area contributed by atoms with Crippen LogP contribution in [0.2, 0.25) is 0 Å². The quantitative estimate of drug-likeness (QED) is 0.618. The van der Waals surface area contributed by atoms with Crippen LogP contribution in [0.5, 0.6) is 11.5 Å². The van der Waals surface area contributed by atoms with Crippen LogP contribution in [0.4, 0.5) is 0 Å². The van der Waals surface area contributed by atoms with Gasteiger partial charge in [-0.1, -0.05) is 22.0 Å². The summed E-state index contributed by atoms with van der Waals surface area (Å²) in [6.07, 6.45) is 0. The second kappa shape index (κ2) is 5.82. The number of hydrogen-bond donors (Lipinski definition) is 0. The third-order valence-electron chi connectivity index (χ3n) is 2.28. The molecule has 4 nitrogen and oxygen atoms in total. The second-order valence-corrected chi connectivity index (χ2v) is 4.31. The predicted molar refractivity (Wildman–Crippen MR) is 66.9 cm³/mol. The Morgan fingerprint density at radius 3 is 2.24 bits per heavy atom. The van der Waals surface area contributed by atoms with Crippen LogP contribution in [-0.4, -0.2) is 25.8 Å². The van der Waals surface area contributed by atoms with Gasteiger partial charge >= 0.3 is 0 Å². The Morgan fingerprint density at radius 1 is 1.18 bits per heavy atom. The number of methoxy groups -OCH3 is 2. The smallest absolute Gasteiger partial charge is 0.216 e. The van der Waals surface area contributed by atoms with Gasteiger partial charge in [-0.15, -0.1) is 0 Å². The van der Waals surface area contributed by atoms with Gasteiger partial charge in [0.05, 0.1) is 14.2 Å². The van der Waals surface area contributed by atoms with Crippen molar-refractivity contribution in [3.63, 3.8) is 0 Å². The fraction of sp³-hybridized carbons (Fsp3) is 0.333. The first-order valence-electron chi connectivity index (χ1n) is 4.92. The number of ketones is 2. The molecule has 0 bridgehead atoms. The standard InChI is InChI=1S/C12H13BrO4/c1-7(14)12(15)11(13)8-4-5-9(16-2)10(6-8)17-3/h4-6,11H,1-3H3. The van der Waals surface area contributed by atoms with Crippen LogP contribution >= 0.6 is 15.9 Å². The van der Waals surface area contributed by atoms with Crippen molar-refractivity contribution in [1.82, 2.24) is 0 Å². The van der Waals surface area contributed by atoms with E-state index in [1.54, 1.807) is 18.2 Å². The zero-order valence-corrected chi connectivity index (χ0v) is 11.4. The van der Waals surface area contributed by atoms with E-state index in [4.69, 9.17) is 9.47 Å². The van der Waals surface area contributed by atoms with E-state index < -0.39 is 16.4 Å². The highest BCUT2D eigenvalue weighted by molar-refractivity contribution is 9.09. The largest absolute Gasteiger partial charge is 0.493 e. The summed E-state index contributed by atoms with van der Waals surface area (Å²) < 4.78 is 10.2. The van der Waals surface area contributed by atoms with Crippen molar-refractivity contribution in [2.45, 2.75) is 11.8 Å². The van der Waals surface area contributed by atoms with Gasteiger partial charge in [0, 0.05) is 6.92 Å². The fourth-order valence-electron chi connectivity index (χ4n) is 1.34. The van der Waals surface area contributed by atoms with E-state index in [0.717, 1.165) is 0 Å². The average molecular weight is 301 g/mol. The Balaban J connectivity index is 3.07. The van der Waals surface area contributed by atoms with Crippen LogP contribution in [0.3, 0.4) is 0 Å². The molecule has 1 aromatic rings. The number of Topliss-reactive ketones (excluding diaryl/α,β-unsaturated/α-hetero) is 2. The molecule has 0 aromatic heterocycles. The Morgan fingerprint density at radius 2 is 1.76 bits per heavy atom. The molecule has 0 aliphatic heterocycles. The minimum absolute atomic E-state index is 0.485. The van der Waals surface area contributed by atoms with Crippen LogP contribution in [0, 0.1) is 0 Å². The molecule has 0 saturated carbocycles. The molecule has 0 aliphatic carbocycles. The molecule has 1 aromatic carbocycles. The zero-order valence-electron chi connectivity index (χ0n) is 9.82. The fourth-order valence-corrected chi connectivity index (χ4v) is 1.95. The van der Waals surface area contributed by atoms with E-state index in [9.17, 15) is 9.59 Å². The van der Waals surface area contributed by atoms with Gasteiger partial charge in [0.15, 0.2) is 17.3 Å². The highest BCUT2D eigenvalue weighted by Gasteiger charge is 2.22. The molecule has 5 heteroatoms.